The van der Waals surface area contributed by atoms with Gasteiger partial charge in [-0.15, -0.1) is 0 Å². The van der Waals surface area contributed by atoms with E-state index in [2.05, 4.69) is 17.2 Å². The van der Waals surface area contributed by atoms with E-state index in [0.717, 1.165) is 24.7 Å². The average Bonchev–Trinajstić information content (AvgIpc) is 2.49. The number of pyridine rings is 1. The number of nitrogens with two attached hydrogens (primary N) is 1. The maximum Gasteiger partial charge on any atom is 0.239 e. The fraction of sp³-hybridized carbons (Fsp3) is 0.688. The van der Waals surface area contributed by atoms with E-state index >= 15 is 0 Å². The molecule has 1 aromatic heterocycles. The molecule has 0 amide bonds. The van der Waals surface area contributed by atoms with Crippen molar-refractivity contribution >= 4 is 11.5 Å². The molecule has 0 unspecified atom stereocenters. The summed E-state index contributed by atoms with van der Waals surface area (Å²) in [6, 6.07) is 3.79. The second-order valence-corrected chi connectivity index (χ2v) is 5.66. The van der Waals surface area contributed by atoms with Crippen LogP contribution in [0.1, 0.15) is 51.9 Å². The van der Waals surface area contributed by atoms with Crippen molar-refractivity contribution in [2.75, 3.05) is 24.2 Å². The van der Waals surface area contributed by atoms with Gasteiger partial charge < -0.3 is 15.8 Å². The summed E-state index contributed by atoms with van der Waals surface area (Å²) < 4.78 is 5.55. The zero-order valence-electron chi connectivity index (χ0n) is 12.5. The number of aromatic nitrogens is 1. The van der Waals surface area contributed by atoms with E-state index in [1.165, 1.54) is 38.5 Å². The lowest BCUT2D eigenvalue weighted by atomic mass is 9.87. The Balaban J connectivity index is 1.79. The molecule has 0 radical (unpaired) electrons. The van der Waals surface area contributed by atoms with Crippen LogP contribution in [0.2, 0.25) is 0 Å². The molecule has 1 aromatic rings. The van der Waals surface area contributed by atoms with Gasteiger partial charge in [-0.3, -0.25) is 0 Å². The molecular formula is C16H27N3O. The van der Waals surface area contributed by atoms with Gasteiger partial charge >= 0.3 is 0 Å². The molecule has 1 aliphatic carbocycles. The third kappa shape index (κ3) is 4.58. The van der Waals surface area contributed by atoms with Crippen LogP contribution in [0.4, 0.5) is 11.5 Å². The lowest BCUT2D eigenvalue weighted by molar-refractivity contribution is 0.307. The molecule has 0 atom stereocenters. The molecule has 0 aliphatic heterocycles. The molecule has 1 saturated carbocycles. The number of rotatable bonds is 7. The summed E-state index contributed by atoms with van der Waals surface area (Å²) in [7, 11) is 0. The Morgan fingerprint density at radius 1 is 1.30 bits per heavy atom. The first-order valence-electron chi connectivity index (χ1n) is 7.92. The highest BCUT2D eigenvalue weighted by molar-refractivity contribution is 5.53. The lowest BCUT2D eigenvalue weighted by Gasteiger charge is -2.21. The van der Waals surface area contributed by atoms with Crippen molar-refractivity contribution in [3.63, 3.8) is 0 Å². The molecule has 0 saturated heterocycles. The minimum atomic E-state index is 0.550. The van der Waals surface area contributed by atoms with Crippen molar-refractivity contribution in [2.45, 2.75) is 51.9 Å². The van der Waals surface area contributed by atoms with Gasteiger partial charge in [0.25, 0.3) is 0 Å². The number of hydrogen-bond acceptors (Lipinski definition) is 4. The van der Waals surface area contributed by atoms with Gasteiger partial charge in [-0.2, -0.15) is 4.98 Å². The first kappa shape index (κ1) is 14.9. The van der Waals surface area contributed by atoms with Gasteiger partial charge in [0, 0.05) is 6.54 Å². The highest BCUT2D eigenvalue weighted by Gasteiger charge is 2.12. The largest absolute Gasteiger partial charge is 0.476 e. The van der Waals surface area contributed by atoms with E-state index in [9.17, 15) is 0 Å². The fourth-order valence-corrected chi connectivity index (χ4v) is 2.74. The van der Waals surface area contributed by atoms with Crippen LogP contribution in [0.15, 0.2) is 12.1 Å². The highest BCUT2D eigenvalue weighted by Crippen LogP contribution is 2.26. The molecule has 3 N–H and O–H groups in total. The lowest BCUT2D eigenvalue weighted by Crippen LogP contribution is -2.13. The Bertz CT molecular complexity index is 403. The standard InChI is InChI=1S/C16H27N3O/c1-2-12-20-16-14(17)8-9-15(19-16)18-11-10-13-6-4-3-5-7-13/h8-9,13H,2-7,10-12,17H2,1H3,(H,18,19). The molecule has 2 rings (SSSR count). The van der Waals surface area contributed by atoms with E-state index < -0.39 is 0 Å². The molecule has 4 heteroatoms. The van der Waals surface area contributed by atoms with Crippen LogP contribution in [0.3, 0.4) is 0 Å². The Hall–Kier alpha value is -1.45. The van der Waals surface area contributed by atoms with Gasteiger partial charge in [-0.1, -0.05) is 39.0 Å². The number of nitrogen functional groups attached to an aromatic ring is 1. The zero-order valence-corrected chi connectivity index (χ0v) is 12.5. The molecule has 1 fully saturated rings. The van der Waals surface area contributed by atoms with Crippen molar-refractivity contribution in [3.8, 4) is 5.88 Å². The number of hydrogen-bond donors (Lipinski definition) is 2. The Morgan fingerprint density at radius 2 is 2.10 bits per heavy atom. The van der Waals surface area contributed by atoms with Gasteiger partial charge in [0.1, 0.15) is 5.82 Å². The van der Waals surface area contributed by atoms with Gasteiger partial charge in [0.15, 0.2) is 0 Å². The number of nitrogens with one attached hydrogen (secondary N) is 1. The maximum atomic E-state index is 5.86. The van der Waals surface area contributed by atoms with Crippen LogP contribution in [0.5, 0.6) is 5.88 Å². The van der Waals surface area contributed by atoms with Crippen molar-refractivity contribution in [2.24, 2.45) is 5.92 Å². The van der Waals surface area contributed by atoms with Crippen LogP contribution in [-0.2, 0) is 0 Å². The van der Waals surface area contributed by atoms with Crippen LogP contribution in [0.25, 0.3) is 0 Å². The van der Waals surface area contributed by atoms with Gasteiger partial charge in [0.2, 0.25) is 5.88 Å². The predicted octanol–water partition coefficient (Wildman–Crippen LogP) is 3.83. The van der Waals surface area contributed by atoms with E-state index in [-0.39, 0.29) is 0 Å². The predicted molar refractivity (Wildman–Crippen MR) is 84.1 cm³/mol. The minimum absolute atomic E-state index is 0.550. The van der Waals surface area contributed by atoms with Crippen LogP contribution >= 0.6 is 0 Å². The second-order valence-electron chi connectivity index (χ2n) is 5.66. The zero-order chi connectivity index (χ0) is 14.2. The van der Waals surface area contributed by atoms with E-state index in [1.54, 1.807) is 0 Å². The highest BCUT2D eigenvalue weighted by atomic mass is 16.5. The molecule has 1 heterocycles. The number of nitrogens with zero attached hydrogens (tertiary/aromatic N) is 1. The first-order valence-corrected chi connectivity index (χ1v) is 7.92. The van der Waals surface area contributed by atoms with E-state index in [0.29, 0.717) is 18.2 Å². The monoisotopic (exact) mass is 277 g/mol. The molecule has 0 aromatic carbocycles. The Kier molecular flexibility index (Phi) is 5.96. The van der Waals surface area contributed by atoms with E-state index in [4.69, 9.17) is 10.5 Å². The molecular weight excluding hydrogens is 250 g/mol. The molecule has 112 valence electrons. The summed E-state index contributed by atoms with van der Waals surface area (Å²) in [5, 5.41) is 3.39. The Labute approximate surface area is 122 Å². The summed E-state index contributed by atoms with van der Waals surface area (Å²) in [5.41, 5.74) is 6.47. The normalized spacial score (nSPS) is 16.1. The quantitative estimate of drug-likeness (QED) is 0.795. The fourth-order valence-electron chi connectivity index (χ4n) is 2.74. The van der Waals surface area contributed by atoms with Gasteiger partial charge in [0.05, 0.1) is 12.3 Å². The Morgan fingerprint density at radius 3 is 2.85 bits per heavy atom. The van der Waals surface area contributed by atoms with Crippen LogP contribution in [-0.4, -0.2) is 18.1 Å². The second kappa shape index (κ2) is 7.98. The summed E-state index contributed by atoms with van der Waals surface area (Å²) >= 11 is 0. The molecule has 20 heavy (non-hydrogen) atoms. The third-order valence-electron chi connectivity index (χ3n) is 3.92. The van der Waals surface area contributed by atoms with Crippen molar-refractivity contribution in [1.29, 1.82) is 0 Å². The molecule has 0 spiro atoms. The minimum Gasteiger partial charge on any atom is -0.476 e. The number of anilines is 2. The SMILES string of the molecule is CCCOc1nc(NCCC2CCCCC2)ccc1N. The topological polar surface area (TPSA) is 60.2 Å². The van der Waals surface area contributed by atoms with Crippen LogP contribution in [0, 0.1) is 5.92 Å². The van der Waals surface area contributed by atoms with Crippen LogP contribution < -0.4 is 15.8 Å². The molecule has 1 aliphatic rings. The maximum absolute atomic E-state index is 5.86. The van der Waals surface area contributed by atoms with Gasteiger partial charge in [-0.25, -0.2) is 0 Å². The molecule has 0 bridgehead atoms. The third-order valence-corrected chi connectivity index (χ3v) is 3.92. The average molecular weight is 277 g/mol. The number of ether oxygens (including phenoxy) is 1. The smallest absolute Gasteiger partial charge is 0.239 e. The summed E-state index contributed by atoms with van der Waals surface area (Å²) in [4.78, 5) is 4.43. The first-order chi connectivity index (χ1) is 9.79. The van der Waals surface area contributed by atoms with Gasteiger partial charge in [-0.05, 0) is 30.9 Å². The van der Waals surface area contributed by atoms with Crippen molar-refractivity contribution < 1.29 is 4.74 Å². The van der Waals surface area contributed by atoms with Crippen molar-refractivity contribution in [1.82, 2.24) is 4.98 Å². The summed E-state index contributed by atoms with van der Waals surface area (Å²) in [6.45, 7) is 3.71. The summed E-state index contributed by atoms with van der Waals surface area (Å²) in [6.07, 6.45) is 9.20. The van der Waals surface area contributed by atoms with Crippen molar-refractivity contribution in [3.05, 3.63) is 12.1 Å². The van der Waals surface area contributed by atoms with E-state index in [1.807, 2.05) is 12.1 Å². The summed E-state index contributed by atoms with van der Waals surface area (Å²) in [5.74, 6) is 2.30. The molecule has 4 nitrogen and oxygen atoms in total.